The third-order valence-corrected chi connectivity index (χ3v) is 4.33. The largest absolute Gasteiger partial charge is 0.481 e. The fraction of sp³-hybridized carbons (Fsp3) is 0.846. The van der Waals surface area contributed by atoms with E-state index in [0.717, 1.165) is 0 Å². The monoisotopic (exact) mass is 239 g/mol. The van der Waals surface area contributed by atoms with E-state index in [0.29, 0.717) is 12.5 Å². The average molecular weight is 239 g/mol. The highest BCUT2D eigenvalue weighted by Gasteiger charge is 2.38. The Balaban J connectivity index is 1.97. The van der Waals surface area contributed by atoms with E-state index < -0.39 is 11.9 Å². The molecule has 2 atom stereocenters. The molecule has 1 saturated carbocycles. The topological polar surface area (TPSA) is 57.6 Å². The van der Waals surface area contributed by atoms with E-state index in [1.807, 2.05) is 0 Å². The van der Waals surface area contributed by atoms with Gasteiger partial charge >= 0.3 is 5.97 Å². The molecule has 1 aliphatic heterocycles. The highest BCUT2D eigenvalue weighted by atomic mass is 16.4. The van der Waals surface area contributed by atoms with E-state index in [4.69, 9.17) is 5.11 Å². The van der Waals surface area contributed by atoms with Crippen LogP contribution < -0.4 is 0 Å². The van der Waals surface area contributed by atoms with Gasteiger partial charge < -0.3 is 10.0 Å². The maximum atomic E-state index is 11.8. The smallest absolute Gasteiger partial charge is 0.308 e. The Morgan fingerprint density at radius 3 is 2.53 bits per heavy atom. The predicted octanol–water partition coefficient (Wildman–Crippen LogP) is 1.89. The Labute approximate surface area is 102 Å². The van der Waals surface area contributed by atoms with Crippen LogP contribution >= 0.6 is 0 Å². The molecule has 0 spiro atoms. The molecular formula is C13H21NO3. The molecule has 4 heteroatoms. The molecule has 1 N–H and O–H groups in total. The average Bonchev–Trinajstić information content (AvgIpc) is 2.72. The van der Waals surface area contributed by atoms with Crippen molar-refractivity contribution in [2.24, 2.45) is 11.8 Å². The van der Waals surface area contributed by atoms with Crippen molar-refractivity contribution in [3.05, 3.63) is 0 Å². The second-order valence-electron chi connectivity index (χ2n) is 5.42. The first kappa shape index (κ1) is 12.4. The lowest BCUT2D eigenvalue weighted by molar-refractivity contribution is -0.141. The standard InChI is InChI=1S/C13H21NO3/c1-9(10-5-3-2-4-6-10)14-8-11(13(16)17)7-12(14)15/h9-11H,2-8H2,1H3,(H,16,17). The maximum Gasteiger partial charge on any atom is 0.308 e. The minimum atomic E-state index is -0.836. The third-order valence-electron chi connectivity index (χ3n) is 4.33. The van der Waals surface area contributed by atoms with Crippen molar-refractivity contribution in [3.8, 4) is 0 Å². The van der Waals surface area contributed by atoms with Crippen molar-refractivity contribution in [2.45, 2.75) is 51.5 Å². The Bertz CT molecular complexity index is 310. The summed E-state index contributed by atoms with van der Waals surface area (Å²) in [5.41, 5.74) is 0. The Morgan fingerprint density at radius 2 is 2.00 bits per heavy atom. The van der Waals surface area contributed by atoms with Crippen LogP contribution in [0.25, 0.3) is 0 Å². The highest BCUT2D eigenvalue weighted by molar-refractivity contribution is 5.86. The molecule has 0 aromatic heterocycles. The van der Waals surface area contributed by atoms with Gasteiger partial charge in [0.2, 0.25) is 5.91 Å². The first-order chi connectivity index (χ1) is 8.09. The molecule has 1 heterocycles. The van der Waals surface area contributed by atoms with Crippen LogP contribution in [0.3, 0.4) is 0 Å². The van der Waals surface area contributed by atoms with E-state index in [1.165, 1.54) is 32.1 Å². The number of carbonyl (C=O) groups excluding carboxylic acids is 1. The van der Waals surface area contributed by atoms with Crippen LogP contribution in [-0.4, -0.2) is 34.5 Å². The van der Waals surface area contributed by atoms with Crippen LogP contribution in [-0.2, 0) is 9.59 Å². The summed E-state index contributed by atoms with van der Waals surface area (Å²) in [6, 6.07) is 0.215. The van der Waals surface area contributed by atoms with E-state index in [9.17, 15) is 9.59 Å². The molecule has 0 aromatic carbocycles. The molecule has 2 fully saturated rings. The summed E-state index contributed by atoms with van der Waals surface area (Å²) in [6.45, 7) is 2.49. The summed E-state index contributed by atoms with van der Waals surface area (Å²) in [7, 11) is 0. The SMILES string of the molecule is CC(C1CCCCC1)N1CC(C(=O)O)CC1=O. The van der Waals surface area contributed by atoms with Gasteiger partial charge in [-0.05, 0) is 25.7 Å². The number of likely N-dealkylation sites (tertiary alicyclic amines) is 1. The second-order valence-corrected chi connectivity index (χ2v) is 5.42. The van der Waals surface area contributed by atoms with Crippen molar-refractivity contribution in [2.75, 3.05) is 6.54 Å². The van der Waals surface area contributed by atoms with E-state index >= 15 is 0 Å². The summed E-state index contributed by atoms with van der Waals surface area (Å²) in [6.07, 6.45) is 6.35. The Kier molecular flexibility index (Phi) is 3.69. The van der Waals surface area contributed by atoms with E-state index in [1.54, 1.807) is 4.90 Å². The van der Waals surface area contributed by atoms with Crippen molar-refractivity contribution in [1.29, 1.82) is 0 Å². The minimum absolute atomic E-state index is 0.0236. The van der Waals surface area contributed by atoms with Gasteiger partial charge in [0.1, 0.15) is 0 Å². The second kappa shape index (κ2) is 5.07. The fourth-order valence-corrected chi connectivity index (χ4v) is 3.16. The molecule has 96 valence electrons. The lowest BCUT2D eigenvalue weighted by Crippen LogP contribution is -2.40. The van der Waals surface area contributed by atoms with E-state index in [2.05, 4.69) is 6.92 Å². The summed E-state index contributed by atoms with van der Waals surface area (Å²) in [5, 5.41) is 8.96. The van der Waals surface area contributed by atoms with Gasteiger partial charge in [0.15, 0.2) is 0 Å². The van der Waals surface area contributed by atoms with Gasteiger partial charge in [0.25, 0.3) is 0 Å². The summed E-state index contributed by atoms with van der Waals surface area (Å²) >= 11 is 0. The van der Waals surface area contributed by atoms with Crippen LogP contribution in [0.1, 0.15) is 45.4 Å². The first-order valence-corrected chi connectivity index (χ1v) is 6.62. The van der Waals surface area contributed by atoms with Crippen LogP contribution in [0.4, 0.5) is 0 Å². The Hall–Kier alpha value is -1.06. The lowest BCUT2D eigenvalue weighted by Gasteiger charge is -2.34. The minimum Gasteiger partial charge on any atom is -0.481 e. The molecule has 2 rings (SSSR count). The number of rotatable bonds is 3. The number of nitrogens with zero attached hydrogens (tertiary/aromatic N) is 1. The molecule has 0 aromatic rings. The molecule has 1 amide bonds. The van der Waals surface area contributed by atoms with Crippen LogP contribution in [0.15, 0.2) is 0 Å². The van der Waals surface area contributed by atoms with Crippen LogP contribution in [0, 0.1) is 11.8 Å². The number of aliphatic carboxylic acids is 1. The number of carboxylic acid groups (broad SMARTS) is 1. The number of carbonyl (C=O) groups is 2. The van der Waals surface area contributed by atoms with Crippen molar-refractivity contribution in [1.82, 2.24) is 4.90 Å². The predicted molar refractivity (Wildman–Crippen MR) is 63.5 cm³/mol. The number of carboxylic acids is 1. The molecule has 2 aliphatic rings. The van der Waals surface area contributed by atoms with Gasteiger partial charge in [-0.2, -0.15) is 0 Å². The first-order valence-electron chi connectivity index (χ1n) is 6.62. The van der Waals surface area contributed by atoms with Crippen molar-refractivity contribution in [3.63, 3.8) is 0 Å². The van der Waals surface area contributed by atoms with Gasteiger partial charge in [-0.15, -0.1) is 0 Å². The van der Waals surface area contributed by atoms with Gasteiger partial charge in [-0.3, -0.25) is 9.59 Å². The zero-order chi connectivity index (χ0) is 12.4. The van der Waals surface area contributed by atoms with Crippen LogP contribution in [0.5, 0.6) is 0 Å². The molecule has 0 radical (unpaired) electrons. The summed E-state index contributed by atoms with van der Waals surface area (Å²) in [4.78, 5) is 24.5. The van der Waals surface area contributed by atoms with Gasteiger partial charge in [0, 0.05) is 19.0 Å². The molecular weight excluding hydrogens is 218 g/mol. The third kappa shape index (κ3) is 2.61. The number of hydrogen-bond acceptors (Lipinski definition) is 2. The molecule has 4 nitrogen and oxygen atoms in total. The maximum absolute atomic E-state index is 11.8. The van der Waals surface area contributed by atoms with Gasteiger partial charge in [-0.25, -0.2) is 0 Å². The fourth-order valence-electron chi connectivity index (χ4n) is 3.16. The van der Waals surface area contributed by atoms with Gasteiger partial charge in [0.05, 0.1) is 5.92 Å². The quantitative estimate of drug-likeness (QED) is 0.818. The van der Waals surface area contributed by atoms with E-state index in [-0.39, 0.29) is 18.4 Å². The normalized spacial score (nSPS) is 28.4. The molecule has 2 unspecified atom stereocenters. The number of hydrogen-bond donors (Lipinski definition) is 1. The van der Waals surface area contributed by atoms with Crippen LogP contribution in [0.2, 0.25) is 0 Å². The summed E-state index contributed by atoms with van der Waals surface area (Å²) < 4.78 is 0. The summed E-state index contributed by atoms with van der Waals surface area (Å²) in [5.74, 6) is -0.735. The number of amides is 1. The van der Waals surface area contributed by atoms with Gasteiger partial charge in [-0.1, -0.05) is 19.3 Å². The Morgan fingerprint density at radius 1 is 1.35 bits per heavy atom. The zero-order valence-electron chi connectivity index (χ0n) is 10.4. The molecule has 1 saturated heterocycles. The lowest BCUT2D eigenvalue weighted by atomic mass is 9.84. The zero-order valence-corrected chi connectivity index (χ0v) is 10.4. The molecule has 17 heavy (non-hydrogen) atoms. The molecule has 0 bridgehead atoms. The van der Waals surface area contributed by atoms with Crippen molar-refractivity contribution < 1.29 is 14.7 Å². The van der Waals surface area contributed by atoms with Crippen molar-refractivity contribution >= 4 is 11.9 Å². The molecule has 1 aliphatic carbocycles. The highest BCUT2D eigenvalue weighted by Crippen LogP contribution is 2.31.